The molecule has 0 saturated heterocycles. The van der Waals surface area contributed by atoms with Crippen LogP contribution >= 0.6 is 0 Å². The standard InChI is InChI=1S/C33H35N4/c1-21(2)26-18-25(24-11-8-7-9-12-24)19-27(22(3)4)32(26)37-16-15-35(6)33(37)28-20-30-29(17-23(28)5)34-31-13-10-14-36(30)31/h7-12,14-22H,13H2,1-6H3/q+1/i21D,22D. The molecule has 0 atom stereocenters. The topological polar surface area (TPSA) is 26.6 Å². The SMILES string of the molecule is [2H]C(C)(C)c1cc(-c2ccccc2)cc(C([2H])(C)C)c1-n1cc[n+](C)c1-c1cc2c(cc1C)nc1n2C=CC1. The summed E-state index contributed by atoms with van der Waals surface area (Å²) in [5, 5.41) is 0. The molecule has 0 N–H and O–H groups in total. The summed E-state index contributed by atoms with van der Waals surface area (Å²) in [6.45, 7) is 9.87. The third kappa shape index (κ3) is 3.83. The van der Waals surface area contributed by atoms with Crippen LogP contribution in [0.2, 0.25) is 0 Å². The van der Waals surface area contributed by atoms with Gasteiger partial charge in [0.2, 0.25) is 0 Å². The number of aryl methyl sites for hydroxylation is 2. The minimum atomic E-state index is -0.893. The highest BCUT2D eigenvalue weighted by Gasteiger charge is 2.28. The fraction of sp³-hybridized carbons (Fsp3) is 0.273. The van der Waals surface area contributed by atoms with Gasteiger partial charge in [-0.3, -0.25) is 0 Å². The van der Waals surface area contributed by atoms with Crippen LogP contribution in [0.1, 0.15) is 64.7 Å². The quantitative estimate of drug-likeness (QED) is 0.234. The summed E-state index contributed by atoms with van der Waals surface area (Å²) in [4.78, 5) is 4.85. The molecule has 0 radical (unpaired) electrons. The molecule has 6 rings (SSSR count). The van der Waals surface area contributed by atoms with Crippen LogP contribution in [0.4, 0.5) is 0 Å². The zero-order valence-electron chi connectivity index (χ0n) is 24.5. The van der Waals surface area contributed by atoms with Crippen molar-refractivity contribution in [2.45, 2.75) is 52.8 Å². The number of nitrogens with zero attached hydrogens (tertiary/aromatic N) is 4. The molecule has 4 nitrogen and oxygen atoms in total. The summed E-state index contributed by atoms with van der Waals surface area (Å²) in [7, 11) is 2.06. The number of hydrogen-bond donors (Lipinski definition) is 0. The molecular formula is C33H35N4+. The van der Waals surface area contributed by atoms with Gasteiger partial charge in [-0.05, 0) is 59.7 Å². The average molecular weight is 490 g/mol. The van der Waals surface area contributed by atoms with Gasteiger partial charge >= 0.3 is 0 Å². The van der Waals surface area contributed by atoms with Crippen molar-refractivity contribution in [3.63, 3.8) is 0 Å². The van der Waals surface area contributed by atoms with Gasteiger partial charge in [-0.2, -0.15) is 4.57 Å². The normalized spacial score (nSPS) is 14.2. The first-order chi connectivity index (χ1) is 18.4. The van der Waals surface area contributed by atoms with Crippen molar-refractivity contribution in [3.05, 3.63) is 95.6 Å². The Balaban J connectivity index is 1.67. The average Bonchev–Trinajstić information content (AvgIpc) is 3.57. The highest BCUT2D eigenvalue weighted by molar-refractivity contribution is 5.85. The molecule has 0 bridgehead atoms. The summed E-state index contributed by atoms with van der Waals surface area (Å²) in [5.41, 5.74) is 9.14. The summed E-state index contributed by atoms with van der Waals surface area (Å²) >= 11 is 0. The fourth-order valence-electron chi connectivity index (χ4n) is 5.54. The number of imidazole rings is 2. The number of fused-ring (bicyclic) bond motifs is 3. The number of hydrogen-bond acceptors (Lipinski definition) is 1. The van der Waals surface area contributed by atoms with Crippen molar-refractivity contribution in [1.29, 1.82) is 0 Å². The molecule has 37 heavy (non-hydrogen) atoms. The van der Waals surface area contributed by atoms with E-state index in [-0.39, 0.29) is 0 Å². The molecule has 186 valence electrons. The second kappa shape index (κ2) is 8.88. The first-order valence-electron chi connectivity index (χ1n) is 13.9. The van der Waals surface area contributed by atoms with Crippen molar-refractivity contribution in [2.75, 3.05) is 0 Å². The Kier molecular flexibility index (Phi) is 5.09. The number of allylic oxidation sites excluding steroid dienone is 1. The Bertz CT molecular complexity index is 1720. The fourth-order valence-corrected chi connectivity index (χ4v) is 5.54. The second-order valence-corrected chi connectivity index (χ2v) is 10.5. The van der Waals surface area contributed by atoms with Gasteiger partial charge < -0.3 is 4.57 Å². The van der Waals surface area contributed by atoms with Gasteiger partial charge in [-0.1, -0.05) is 64.1 Å². The van der Waals surface area contributed by atoms with Crippen LogP contribution in [-0.2, 0) is 13.5 Å². The van der Waals surface area contributed by atoms with E-state index in [9.17, 15) is 2.74 Å². The Morgan fingerprint density at radius 3 is 2.32 bits per heavy atom. The van der Waals surface area contributed by atoms with E-state index in [0.717, 1.165) is 68.2 Å². The lowest BCUT2D eigenvalue weighted by molar-refractivity contribution is -0.659. The van der Waals surface area contributed by atoms with Gasteiger partial charge in [0.05, 0.1) is 23.6 Å². The van der Waals surface area contributed by atoms with Crippen molar-refractivity contribution in [3.8, 4) is 28.2 Å². The molecular weight excluding hydrogens is 452 g/mol. The van der Waals surface area contributed by atoms with Crippen LogP contribution in [0.5, 0.6) is 0 Å². The lowest BCUT2D eigenvalue weighted by Crippen LogP contribution is -2.29. The smallest absolute Gasteiger partial charge is 0.294 e. The van der Waals surface area contributed by atoms with E-state index in [2.05, 4.69) is 88.7 Å². The molecule has 4 heteroatoms. The largest absolute Gasteiger partial charge is 0.303 e. The van der Waals surface area contributed by atoms with Crippen LogP contribution < -0.4 is 4.57 Å². The third-order valence-corrected chi connectivity index (χ3v) is 7.44. The van der Waals surface area contributed by atoms with E-state index >= 15 is 0 Å². The summed E-state index contributed by atoms with van der Waals surface area (Å²) in [6, 6.07) is 18.9. The lowest BCUT2D eigenvalue weighted by Gasteiger charge is -2.20. The van der Waals surface area contributed by atoms with E-state index < -0.39 is 11.8 Å². The zero-order valence-corrected chi connectivity index (χ0v) is 22.5. The van der Waals surface area contributed by atoms with Crippen LogP contribution in [0.15, 0.2) is 73.1 Å². The first kappa shape index (κ1) is 21.2. The van der Waals surface area contributed by atoms with Crippen LogP contribution in [0.3, 0.4) is 0 Å². The Hall–Kier alpha value is -3.92. The van der Waals surface area contributed by atoms with Gasteiger partial charge in [0.1, 0.15) is 23.9 Å². The van der Waals surface area contributed by atoms with Gasteiger partial charge in [0.15, 0.2) is 0 Å². The summed E-state index contributed by atoms with van der Waals surface area (Å²) in [5.74, 6) is 0.289. The predicted molar refractivity (Wildman–Crippen MR) is 153 cm³/mol. The monoisotopic (exact) mass is 489 g/mol. The maximum absolute atomic E-state index is 9.22. The highest BCUT2D eigenvalue weighted by Crippen LogP contribution is 2.38. The molecule has 0 spiro atoms. The molecule has 0 aliphatic carbocycles. The maximum atomic E-state index is 9.22. The van der Waals surface area contributed by atoms with Gasteiger partial charge in [-0.25, -0.2) is 9.55 Å². The molecule has 1 aliphatic rings. The van der Waals surface area contributed by atoms with Crippen molar-refractivity contribution >= 4 is 17.2 Å². The first-order valence-corrected chi connectivity index (χ1v) is 12.9. The Labute approximate surface area is 222 Å². The third-order valence-electron chi connectivity index (χ3n) is 7.44. The van der Waals surface area contributed by atoms with Crippen molar-refractivity contribution < 1.29 is 7.31 Å². The van der Waals surface area contributed by atoms with Crippen LogP contribution in [0.25, 0.3) is 45.4 Å². The molecule has 3 heterocycles. The highest BCUT2D eigenvalue weighted by atomic mass is 15.1. The van der Waals surface area contributed by atoms with Crippen LogP contribution in [0, 0.1) is 6.92 Å². The van der Waals surface area contributed by atoms with Gasteiger partial charge in [0.25, 0.3) is 5.82 Å². The summed E-state index contributed by atoms with van der Waals surface area (Å²) < 4.78 is 24.9. The zero-order chi connectivity index (χ0) is 27.7. The maximum Gasteiger partial charge on any atom is 0.294 e. The molecule has 2 aromatic heterocycles. The Morgan fingerprint density at radius 2 is 1.65 bits per heavy atom. The van der Waals surface area contributed by atoms with Crippen LogP contribution in [-0.4, -0.2) is 14.1 Å². The number of rotatable bonds is 5. The van der Waals surface area contributed by atoms with E-state index in [0.29, 0.717) is 0 Å². The number of aromatic nitrogens is 4. The Morgan fingerprint density at radius 1 is 0.946 bits per heavy atom. The molecule has 0 unspecified atom stereocenters. The minimum absolute atomic E-state index is 0.852. The molecule has 0 saturated carbocycles. The van der Waals surface area contributed by atoms with Gasteiger partial charge in [-0.15, -0.1) is 0 Å². The van der Waals surface area contributed by atoms with Crippen molar-refractivity contribution in [1.82, 2.24) is 14.1 Å². The predicted octanol–water partition coefficient (Wildman–Crippen LogP) is 7.57. The van der Waals surface area contributed by atoms with Gasteiger partial charge in [0, 0.05) is 26.5 Å². The van der Waals surface area contributed by atoms with Crippen molar-refractivity contribution in [2.24, 2.45) is 7.05 Å². The molecule has 3 aromatic carbocycles. The molecule has 0 fully saturated rings. The summed E-state index contributed by atoms with van der Waals surface area (Å²) in [6.07, 6.45) is 9.23. The molecule has 0 amide bonds. The van der Waals surface area contributed by atoms with E-state index in [1.807, 2.05) is 45.9 Å². The number of benzene rings is 3. The van der Waals surface area contributed by atoms with E-state index in [1.165, 1.54) is 0 Å². The van der Waals surface area contributed by atoms with E-state index in [1.54, 1.807) is 0 Å². The molecule has 1 aliphatic heterocycles. The second-order valence-electron chi connectivity index (χ2n) is 10.5. The van der Waals surface area contributed by atoms with E-state index in [4.69, 9.17) is 4.98 Å². The molecule has 5 aromatic rings. The minimum Gasteiger partial charge on any atom is -0.303 e. The lowest BCUT2D eigenvalue weighted by atomic mass is 9.88.